The van der Waals surface area contributed by atoms with Gasteiger partial charge >= 0.3 is 0 Å². The average Bonchev–Trinajstić information content (AvgIpc) is 2.34. The van der Waals surface area contributed by atoms with E-state index in [2.05, 4.69) is 25.7 Å². The number of aromatic hydroxyl groups is 2. The van der Waals surface area contributed by atoms with Gasteiger partial charge in [-0.15, -0.1) is 0 Å². The molecule has 0 heterocycles. The van der Waals surface area contributed by atoms with Crippen molar-refractivity contribution in [3.05, 3.63) is 23.8 Å². The van der Waals surface area contributed by atoms with Crippen LogP contribution >= 0.6 is 0 Å². The largest absolute Gasteiger partial charge is 0.504 e. The van der Waals surface area contributed by atoms with E-state index < -0.39 is 0 Å². The number of nitrogens with zero attached hydrogens (tertiary/aromatic N) is 1. The fourth-order valence-electron chi connectivity index (χ4n) is 2.13. The van der Waals surface area contributed by atoms with Crippen LogP contribution in [0.3, 0.4) is 0 Å². The van der Waals surface area contributed by atoms with Crippen molar-refractivity contribution < 1.29 is 10.2 Å². The molecule has 0 fully saturated rings. The summed E-state index contributed by atoms with van der Waals surface area (Å²) in [6.45, 7) is 9.77. The number of phenolic OH excluding ortho intramolecular Hbond substituents is 2. The first-order valence-corrected chi connectivity index (χ1v) is 6.81. The van der Waals surface area contributed by atoms with Crippen LogP contribution in [-0.4, -0.2) is 34.7 Å². The predicted octanol–water partition coefficient (Wildman–Crippen LogP) is 2.29. The third kappa shape index (κ3) is 5.09. The molecular weight excluding hydrogens is 240 g/mol. The maximum atomic E-state index is 9.53. The van der Waals surface area contributed by atoms with Crippen molar-refractivity contribution in [2.24, 2.45) is 11.1 Å². The van der Waals surface area contributed by atoms with E-state index in [1.165, 1.54) is 6.07 Å². The van der Waals surface area contributed by atoms with Crippen LogP contribution in [0.25, 0.3) is 0 Å². The molecule has 0 radical (unpaired) electrons. The van der Waals surface area contributed by atoms with Crippen molar-refractivity contribution in [1.82, 2.24) is 4.90 Å². The van der Waals surface area contributed by atoms with Crippen LogP contribution in [0.15, 0.2) is 18.2 Å². The molecule has 0 bridgehead atoms. The van der Waals surface area contributed by atoms with Crippen LogP contribution in [0, 0.1) is 5.41 Å². The van der Waals surface area contributed by atoms with E-state index in [4.69, 9.17) is 5.73 Å². The highest BCUT2D eigenvalue weighted by atomic mass is 16.3. The Morgan fingerprint density at radius 2 is 1.89 bits per heavy atom. The smallest absolute Gasteiger partial charge is 0.157 e. The highest BCUT2D eigenvalue weighted by molar-refractivity contribution is 5.40. The first-order valence-electron chi connectivity index (χ1n) is 6.81. The molecule has 19 heavy (non-hydrogen) atoms. The van der Waals surface area contributed by atoms with Gasteiger partial charge in [-0.25, -0.2) is 0 Å². The normalized spacial score (nSPS) is 12.1. The van der Waals surface area contributed by atoms with Gasteiger partial charge in [-0.2, -0.15) is 0 Å². The number of rotatable bonds is 7. The van der Waals surface area contributed by atoms with Gasteiger partial charge in [-0.05, 0) is 42.6 Å². The van der Waals surface area contributed by atoms with Crippen molar-refractivity contribution in [3.63, 3.8) is 0 Å². The summed E-state index contributed by atoms with van der Waals surface area (Å²) in [5.41, 5.74) is 6.86. The summed E-state index contributed by atoms with van der Waals surface area (Å²) in [5.74, 6) is -0.139. The van der Waals surface area contributed by atoms with Crippen LogP contribution in [0.1, 0.15) is 32.8 Å². The minimum Gasteiger partial charge on any atom is -0.504 e. The summed E-state index contributed by atoms with van der Waals surface area (Å²) in [6.07, 6.45) is 1.07. The summed E-state index contributed by atoms with van der Waals surface area (Å²) in [6, 6.07) is 4.99. The van der Waals surface area contributed by atoms with E-state index in [9.17, 15) is 10.2 Å². The number of benzene rings is 1. The lowest BCUT2D eigenvalue weighted by Crippen LogP contribution is -2.38. The van der Waals surface area contributed by atoms with Gasteiger partial charge in [-0.1, -0.05) is 26.8 Å². The van der Waals surface area contributed by atoms with Crippen LogP contribution in [0.5, 0.6) is 11.5 Å². The van der Waals surface area contributed by atoms with E-state index in [0.29, 0.717) is 6.54 Å². The molecule has 4 heteroatoms. The van der Waals surface area contributed by atoms with Crippen molar-refractivity contribution >= 4 is 0 Å². The minimum atomic E-state index is -0.0759. The summed E-state index contributed by atoms with van der Waals surface area (Å²) < 4.78 is 0. The molecule has 0 aliphatic carbocycles. The first-order chi connectivity index (χ1) is 8.88. The lowest BCUT2D eigenvalue weighted by molar-refractivity contribution is 0.176. The van der Waals surface area contributed by atoms with E-state index in [1.807, 2.05) is 6.07 Å². The Morgan fingerprint density at radius 1 is 1.21 bits per heavy atom. The summed E-state index contributed by atoms with van der Waals surface area (Å²) in [4.78, 5) is 2.33. The molecule has 0 atom stereocenters. The third-order valence-electron chi connectivity index (χ3n) is 3.19. The highest BCUT2D eigenvalue weighted by Crippen LogP contribution is 2.26. The second kappa shape index (κ2) is 6.78. The molecule has 0 amide bonds. The number of phenols is 2. The van der Waals surface area contributed by atoms with E-state index in [1.54, 1.807) is 6.07 Å². The number of nitrogens with two attached hydrogens (primary N) is 1. The SMILES string of the molecule is CCCN(Cc1ccc(O)c(O)c1)CC(C)(C)CN. The lowest BCUT2D eigenvalue weighted by Gasteiger charge is -2.31. The van der Waals surface area contributed by atoms with Gasteiger partial charge in [0, 0.05) is 13.1 Å². The Hall–Kier alpha value is -1.26. The van der Waals surface area contributed by atoms with Gasteiger partial charge in [-0.3, -0.25) is 4.90 Å². The highest BCUT2D eigenvalue weighted by Gasteiger charge is 2.20. The van der Waals surface area contributed by atoms with Crippen molar-refractivity contribution in [3.8, 4) is 11.5 Å². The van der Waals surface area contributed by atoms with Crippen LogP contribution < -0.4 is 5.73 Å². The summed E-state index contributed by atoms with van der Waals surface area (Å²) >= 11 is 0. The molecule has 0 aliphatic heterocycles. The number of hydrogen-bond acceptors (Lipinski definition) is 4. The summed E-state index contributed by atoms with van der Waals surface area (Å²) in [5, 5.41) is 18.9. The predicted molar refractivity (Wildman–Crippen MR) is 78.2 cm³/mol. The fourth-order valence-corrected chi connectivity index (χ4v) is 2.13. The molecule has 4 N–H and O–H groups in total. The van der Waals surface area contributed by atoms with Gasteiger partial charge < -0.3 is 15.9 Å². The first kappa shape index (κ1) is 15.8. The van der Waals surface area contributed by atoms with Gasteiger partial charge in [0.25, 0.3) is 0 Å². The van der Waals surface area contributed by atoms with E-state index in [-0.39, 0.29) is 16.9 Å². The second-order valence-corrected chi connectivity index (χ2v) is 5.90. The monoisotopic (exact) mass is 266 g/mol. The Labute approximate surface area is 115 Å². The molecular formula is C15H26N2O2. The third-order valence-corrected chi connectivity index (χ3v) is 3.19. The second-order valence-electron chi connectivity index (χ2n) is 5.90. The van der Waals surface area contributed by atoms with Gasteiger partial charge in [0.2, 0.25) is 0 Å². The lowest BCUT2D eigenvalue weighted by atomic mass is 9.93. The van der Waals surface area contributed by atoms with E-state index >= 15 is 0 Å². The standard InChI is InChI=1S/C15H26N2O2/c1-4-7-17(11-15(2,3)10-16)9-12-5-6-13(18)14(19)8-12/h5-6,8,18-19H,4,7,9-11,16H2,1-3H3. The van der Waals surface area contributed by atoms with Crippen molar-refractivity contribution in [2.75, 3.05) is 19.6 Å². The van der Waals surface area contributed by atoms with Gasteiger partial charge in [0.15, 0.2) is 11.5 Å². The molecule has 0 saturated heterocycles. The summed E-state index contributed by atoms with van der Waals surface area (Å²) in [7, 11) is 0. The molecule has 108 valence electrons. The Morgan fingerprint density at radius 3 is 2.42 bits per heavy atom. The molecule has 0 saturated carbocycles. The molecule has 0 spiro atoms. The quantitative estimate of drug-likeness (QED) is 0.662. The zero-order valence-corrected chi connectivity index (χ0v) is 12.2. The number of hydrogen-bond donors (Lipinski definition) is 3. The Balaban J connectivity index is 2.74. The minimum absolute atomic E-state index is 0.0629. The van der Waals surface area contributed by atoms with Crippen molar-refractivity contribution in [1.29, 1.82) is 0 Å². The fraction of sp³-hybridized carbons (Fsp3) is 0.600. The maximum Gasteiger partial charge on any atom is 0.157 e. The molecule has 4 nitrogen and oxygen atoms in total. The van der Waals surface area contributed by atoms with Crippen molar-refractivity contribution in [2.45, 2.75) is 33.7 Å². The van der Waals surface area contributed by atoms with Crippen LogP contribution in [-0.2, 0) is 6.54 Å². The van der Waals surface area contributed by atoms with Crippen LogP contribution in [0.4, 0.5) is 0 Å². The zero-order valence-electron chi connectivity index (χ0n) is 12.2. The molecule has 0 aromatic heterocycles. The topological polar surface area (TPSA) is 69.7 Å². The van der Waals surface area contributed by atoms with E-state index in [0.717, 1.165) is 31.6 Å². The average molecular weight is 266 g/mol. The molecule has 1 aromatic rings. The molecule has 1 aromatic carbocycles. The maximum absolute atomic E-state index is 9.53. The Kier molecular flexibility index (Phi) is 5.63. The zero-order chi connectivity index (χ0) is 14.5. The molecule has 0 aliphatic rings. The van der Waals surface area contributed by atoms with Crippen LogP contribution in [0.2, 0.25) is 0 Å². The molecule has 0 unspecified atom stereocenters. The van der Waals surface area contributed by atoms with Gasteiger partial charge in [0.1, 0.15) is 0 Å². The van der Waals surface area contributed by atoms with Gasteiger partial charge in [0.05, 0.1) is 0 Å². The molecule has 1 rings (SSSR count). The Bertz CT molecular complexity index is 405.